The van der Waals surface area contributed by atoms with Crippen LogP contribution in [0.5, 0.6) is 0 Å². The molecule has 2 aromatic rings. The fourth-order valence-electron chi connectivity index (χ4n) is 4.01. The highest BCUT2D eigenvalue weighted by molar-refractivity contribution is 6.30. The summed E-state index contributed by atoms with van der Waals surface area (Å²) in [5, 5.41) is 5.70. The molecule has 29 heavy (non-hydrogen) atoms. The fourth-order valence-corrected chi connectivity index (χ4v) is 4.19. The van der Waals surface area contributed by atoms with E-state index in [4.69, 9.17) is 16.7 Å². The standard InChI is InChI=1S/C23H33ClN4O/c1-6-11-26-12-10-22-20(14-26)21(15-27(17(4)5)23(29)16(2)3)25-28(22)19-9-7-8-18(24)13-19/h7-9,13,16-17H,6,10-12,14-15H2,1-5H3. The Balaban J connectivity index is 2.03. The van der Waals surface area contributed by atoms with Gasteiger partial charge in [-0.25, -0.2) is 4.68 Å². The smallest absolute Gasteiger partial charge is 0.225 e. The first-order valence-corrected chi connectivity index (χ1v) is 11.1. The number of aromatic nitrogens is 2. The van der Waals surface area contributed by atoms with E-state index in [2.05, 4.69) is 25.7 Å². The normalized spacial score (nSPS) is 14.5. The summed E-state index contributed by atoms with van der Waals surface area (Å²) in [6, 6.07) is 7.97. The monoisotopic (exact) mass is 416 g/mol. The lowest BCUT2D eigenvalue weighted by Gasteiger charge is -2.30. The molecule has 0 bridgehead atoms. The van der Waals surface area contributed by atoms with Crippen LogP contribution in [0.25, 0.3) is 5.69 Å². The Kier molecular flexibility index (Phi) is 7.01. The number of nitrogens with zero attached hydrogens (tertiary/aromatic N) is 4. The number of rotatable bonds is 7. The SMILES string of the molecule is CCCN1CCc2c(c(CN(C(=O)C(C)C)C(C)C)nn2-c2cccc(Cl)c2)C1. The van der Waals surface area contributed by atoms with Gasteiger partial charge in [-0.05, 0) is 45.0 Å². The van der Waals surface area contributed by atoms with Crippen molar-refractivity contribution in [2.45, 2.75) is 66.6 Å². The lowest BCUT2D eigenvalue weighted by Crippen LogP contribution is -2.39. The Labute approximate surface area is 179 Å². The third kappa shape index (κ3) is 4.84. The zero-order chi connectivity index (χ0) is 21.1. The molecule has 0 radical (unpaired) electrons. The highest BCUT2D eigenvalue weighted by Crippen LogP contribution is 2.28. The van der Waals surface area contributed by atoms with Crippen molar-refractivity contribution in [1.29, 1.82) is 0 Å². The molecule has 0 unspecified atom stereocenters. The van der Waals surface area contributed by atoms with E-state index in [1.54, 1.807) is 0 Å². The van der Waals surface area contributed by atoms with Gasteiger partial charge in [0, 0.05) is 42.1 Å². The summed E-state index contributed by atoms with van der Waals surface area (Å²) in [5.74, 6) is 0.145. The highest BCUT2D eigenvalue weighted by Gasteiger charge is 2.28. The molecule has 5 nitrogen and oxygen atoms in total. The van der Waals surface area contributed by atoms with Gasteiger partial charge in [0.25, 0.3) is 0 Å². The van der Waals surface area contributed by atoms with Gasteiger partial charge in [-0.2, -0.15) is 5.10 Å². The molecule has 6 heteroatoms. The van der Waals surface area contributed by atoms with E-state index < -0.39 is 0 Å². The van der Waals surface area contributed by atoms with Crippen LogP contribution in [-0.2, 0) is 24.3 Å². The summed E-state index contributed by atoms with van der Waals surface area (Å²) in [5.41, 5.74) is 4.50. The van der Waals surface area contributed by atoms with Crippen LogP contribution in [-0.4, -0.2) is 44.6 Å². The topological polar surface area (TPSA) is 41.4 Å². The molecule has 2 heterocycles. The molecule has 3 rings (SSSR count). The predicted octanol–water partition coefficient (Wildman–Crippen LogP) is 4.69. The molecule has 0 atom stereocenters. The molecule has 1 amide bonds. The Bertz CT molecular complexity index is 859. The maximum Gasteiger partial charge on any atom is 0.225 e. The minimum atomic E-state index is -0.0279. The third-order valence-electron chi connectivity index (χ3n) is 5.53. The van der Waals surface area contributed by atoms with E-state index in [0.717, 1.165) is 43.9 Å². The van der Waals surface area contributed by atoms with Gasteiger partial charge in [0.05, 0.1) is 23.6 Å². The summed E-state index contributed by atoms with van der Waals surface area (Å²) in [6.45, 7) is 13.8. The number of benzene rings is 1. The van der Waals surface area contributed by atoms with Gasteiger partial charge < -0.3 is 4.90 Å². The van der Waals surface area contributed by atoms with E-state index in [1.165, 1.54) is 11.3 Å². The molecule has 1 aliphatic rings. The molecular weight excluding hydrogens is 384 g/mol. The Hall–Kier alpha value is -1.85. The summed E-state index contributed by atoms with van der Waals surface area (Å²) in [7, 11) is 0. The van der Waals surface area contributed by atoms with Crippen molar-refractivity contribution in [1.82, 2.24) is 19.6 Å². The van der Waals surface area contributed by atoms with E-state index in [1.807, 2.05) is 47.7 Å². The van der Waals surface area contributed by atoms with Crippen molar-refractivity contribution >= 4 is 17.5 Å². The molecule has 158 valence electrons. The van der Waals surface area contributed by atoms with E-state index in [9.17, 15) is 4.79 Å². The molecule has 0 saturated heterocycles. The maximum absolute atomic E-state index is 12.8. The van der Waals surface area contributed by atoms with Crippen molar-refractivity contribution in [3.63, 3.8) is 0 Å². The maximum atomic E-state index is 12.8. The molecular formula is C23H33ClN4O. The molecule has 0 aliphatic carbocycles. The van der Waals surface area contributed by atoms with E-state index in [0.29, 0.717) is 11.6 Å². The Morgan fingerprint density at radius 1 is 1.28 bits per heavy atom. The lowest BCUT2D eigenvalue weighted by molar-refractivity contribution is -0.136. The van der Waals surface area contributed by atoms with Crippen molar-refractivity contribution in [3.05, 3.63) is 46.2 Å². The van der Waals surface area contributed by atoms with Crippen molar-refractivity contribution < 1.29 is 4.79 Å². The average molecular weight is 417 g/mol. The Morgan fingerprint density at radius 2 is 2.03 bits per heavy atom. The molecule has 1 aliphatic heterocycles. The van der Waals surface area contributed by atoms with E-state index in [-0.39, 0.29) is 17.9 Å². The second kappa shape index (κ2) is 9.31. The predicted molar refractivity (Wildman–Crippen MR) is 118 cm³/mol. The number of hydrogen-bond donors (Lipinski definition) is 0. The van der Waals surface area contributed by atoms with Crippen LogP contribution in [0.3, 0.4) is 0 Å². The third-order valence-corrected chi connectivity index (χ3v) is 5.77. The van der Waals surface area contributed by atoms with Gasteiger partial charge in [0.15, 0.2) is 0 Å². The van der Waals surface area contributed by atoms with Gasteiger partial charge in [0.1, 0.15) is 0 Å². The summed E-state index contributed by atoms with van der Waals surface area (Å²) in [4.78, 5) is 17.2. The van der Waals surface area contributed by atoms with Crippen LogP contribution in [0.1, 0.15) is 58.0 Å². The molecule has 0 spiro atoms. The van der Waals surface area contributed by atoms with Crippen LogP contribution in [0.2, 0.25) is 5.02 Å². The average Bonchev–Trinajstić information content (AvgIpc) is 3.03. The largest absolute Gasteiger partial charge is 0.334 e. The first-order valence-electron chi connectivity index (χ1n) is 10.7. The number of carbonyl (C=O) groups is 1. The first-order chi connectivity index (χ1) is 13.8. The fraction of sp³-hybridized carbons (Fsp3) is 0.565. The lowest BCUT2D eigenvalue weighted by atomic mass is 10.0. The van der Waals surface area contributed by atoms with Crippen molar-refractivity contribution in [2.24, 2.45) is 5.92 Å². The summed E-state index contributed by atoms with van der Waals surface area (Å²) < 4.78 is 2.04. The van der Waals surface area contributed by atoms with Gasteiger partial charge in [0.2, 0.25) is 5.91 Å². The minimum absolute atomic E-state index is 0.0279. The van der Waals surface area contributed by atoms with Crippen molar-refractivity contribution in [3.8, 4) is 5.69 Å². The highest BCUT2D eigenvalue weighted by atomic mass is 35.5. The minimum Gasteiger partial charge on any atom is -0.334 e. The van der Waals surface area contributed by atoms with Crippen LogP contribution < -0.4 is 0 Å². The van der Waals surface area contributed by atoms with Gasteiger partial charge in [-0.1, -0.05) is 38.4 Å². The van der Waals surface area contributed by atoms with Crippen LogP contribution >= 0.6 is 11.6 Å². The number of amides is 1. The zero-order valence-corrected chi connectivity index (χ0v) is 19.0. The number of halogens is 1. The van der Waals surface area contributed by atoms with E-state index >= 15 is 0 Å². The van der Waals surface area contributed by atoms with Crippen LogP contribution in [0, 0.1) is 5.92 Å². The van der Waals surface area contributed by atoms with Crippen molar-refractivity contribution in [2.75, 3.05) is 13.1 Å². The number of hydrogen-bond acceptors (Lipinski definition) is 3. The van der Waals surface area contributed by atoms with Gasteiger partial charge in [-0.15, -0.1) is 0 Å². The molecule has 0 fully saturated rings. The summed E-state index contributed by atoms with van der Waals surface area (Å²) >= 11 is 6.25. The molecule has 0 N–H and O–H groups in total. The zero-order valence-electron chi connectivity index (χ0n) is 18.3. The first kappa shape index (κ1) is 21.8. The molecule has 1 aromatic carbocycles. The molecule has 0 saturated carbocycles. The quantitative estimate of drug-likeness (QED) is 0.657. The molecule has 1 aromatic heterocycles. The Morgan fingerprint density at radius 3 is 2.66 bits per heavy atom. The van der Waals surface area contributed by atoms with Gasteiger partial charge in [-0.3, -0.25) is 9.69 Å². The van der Waals surface area contributed by atoms with Crippen LogP contribution in [0.15, 0.2) is 24.3 Å². The van der Waals surface area contributed by atoms with Crippen LogP contribution in [0.4, 0.5) is 0 Å². The second-order valence-electron chi connectivity index (χ2n) is 8.50. The number of fused-ring (bicyclic) bond motifs is 1. The van der Waals surface area contributed by atoms with Gasteiger partial charge >= 0.3 is 0 Å². The second-order valence-corrected chi connectivity index (χ2v) is 8.94. The summed E-state index contributed by atoms with van der Waals surface area (Å²) in [6.07, 6.45) is 2.09. The number of carbonyl (C=O) groups excluding carboxylic acids is 1.